The normalized spacial score (nSPS) is 18.9. The summed E-state index contributed by atoms with van der Waals surface area (Å²) in [5.74, 6) is 0.493. The quantitative estimate of drug-likeness (QED) is 0.345. The number of quaternary nitrogens is 1. The van der Waals surface area contributed by atoms with Gasteiger partial charge in [-0.3, -0.25) is 9.28 Å². The minimum atomic E-state index is -0.762. The van der Waals surface area contributed by atoms with E-state index < -0.39 is 5.54 Å². The molecule has 4 heterocycles. The van der Waals surface area contributed by atoms with E-state index >= 15 is 0 Å². The molecule has 0 unspecified atom stereocenters. The molecule has 4 aromatic rings. The predicted molar refractivity (Wildman–Crippen MR) is 152 cm³/mol. The monoisotopic (exact) mass is 550 g/mol. The van der Waals surface area contributed by atoms with Gasteiger partial charge in [-0.2, -0.15) is 10.1 Å². The van der Waals surface area contributed by atoms with E-state index in [-0.39, 0.29) is 5.91 Å². The summed E-state index contributed by atoms with van der Waals surface area (Å²) in [5, 5.41) is 9.76. The van der Waals surface area contributed by atoms with Crippen LogP contribution in [0.5, 0.6) is 0 Å². The maximum absolute atomic E-state index is 13.4. The molecule has 0 spiro atoms. The zero-order chi connectivity index (χ0) is 26.3. The van der Waals surface area contributed by atoms with Crippen LogP contribution in [0.1, 0.15) is 32.1 Å². The van der Waals surface area contributed by atoms with Crippen molar-refractivity contribution in [2.24, 2.45) is 5.73 Å². The molecule has 0 bridgehead atoms. The zero-order valence-corrected chi connectivity index (χ0v) is 22.5. The van der Waals surface area contributed by atoms with Crippen LogP contribution in [0.15, 0.2) is 54.9 Å². The van der Waals surface area contributed by atoms with Crippen LogP contribution in [0.3, 0.4) is 0 Å². The average molecular weight is 552 g/mol. The van der Waals surface area contributed by atoms with Crippen molar-refractivity contribution in [3.8, 4) is 16.9 Å². The lowest BCUT2D eigenvalue weighted by Crippen LogP contribution is -2.75. The third-order valence-electron chi connectivity index (χ3n) is 8.33. The molecule has 2 aromatic heterocycles. The Balaban J connectivity index is 1.67. The van der Waals surface area contributed by atoms with Gasteiger partial charge in [0.15, 0.2) is 11.1 Å². The van der Waals surface area contributed by atoms with Gasteiger partial charge in [0.1, 0.15) is 17.5 Å². The molecule has 2 aliphatic heterocycles. The van der Waals surface area contributed by atoms with Crippen molar-refractivity contribution in [3.63, 3.8) is 0 Å². The molecule has 0 saturated carbocycles. The largest absolute Gasteiger partial charge is 0.364 e. The van der Waals surface area contributed by atoms with E-state index in [2.05, 4.69) is 5.32 Å². The highest BCUT2D eigenvalue weighted by molar-refractivity contribution is 6.32. The molecule has 2 aromatic carbocycles. The SMILES string of the molecule is NC(=O)C1([N+]2(c3ncnc4c(-c5ccc(Cl)cc5)n(-c5ccccc5Cl)nc34)CCCCC2)CCNCC1. The highest BCUT2D eigenvalue weighted by Gasteiger charge is 2.59. The maximum atomic E-state index is 13.4. The van der Waals surface area contributed by atoms with E-state index in [0.717, 1.165) is 68.2 Å². The number of fused-ring (bicyclic) bond motifs is 1. The van der Waals surface area contributed by atoms with Crippen LogP contribution in [0.4, 0.5) is 5.82 Å². The van der Waals surface area contributed by atoms with E-state index in [1.807, 2.05) is 53.2 Å². The topological polar surface area (TPSA) is 98.7 Å². The second kappa shape index (κ2) is 9.93. The molecule has 0 aliphatic carbocycles. The number of halogens is 2. The lowest BCUT2D eigenvalue weighted by molar-refractivity contribution is -0.132. The Labute approximate surface area is 231 Å². The summed E-state index contributed by atoms with van der Waals surface area (Å²) in [4.78, 5) is 23.0. The van der Waals surface area contributed by atoms with Crippen LogP contribution in [0, 0.1) is 0 Å². The van der Waals surface area contributed by atoms with Gasteiger partial charge in [0.25, 0.3) is 11.7 Å². The summed E-state index contributed by atoms with van der Waals surface area (Å²) in [6.45, 7) is 3.04. The van der Waals surface area contributed by atoms with Crippen LogP contribution in [-0.2, 0) is 4.79 Å². The van der Waals surface area contributed by atoms with Gasteiger partial charge in [-0.05, 0) is 43.5 Å². The molecule has 2 saturated heterocycles. The first kappa shape index (κ1) is 25.2. The molecule has 8 nitrogen and oxygen atoms in total. The van der Waals surface area contributed by atoms with Crippen molar-refractivity contribution >= 4 is 46.0 Å². The van der Waals surface area contributed by atoms with Crippen molar-refractivity contribution < 1.29 is 4.79 Å². The van der Waals surface area contributed by atoms with Crippen molar-refractivity contribution in [1.82, 2.24) is 29.5 Å². The predicted octanol–water partition coefficient (Wildman–Crippen LogP) is 4.89. The van der Waals surface area contributed by atoms with Crippen LogP contribution >= 0.6 is 23.2 Å². The Morgan fingerprint density at radius 3 is 2.34 bits per heavy atom. The number of amides is 1. The van der Waals surface area contributed by atoms with Crippen LogP contribution in [-0.4, -0.2) is 57.4 Å². The Morgan fingerprint density at radius 1 is 0.947 bits per heavy atom. The smallest absolute Gasteiger partial charge is 0.279 e. The van der Waals surface area contributed by atoms with E-state index in [4.69, 9.17) is 44.0 Å². The van der Waals surface area contributed by atoms with E-state index in [0.29, 0.717) is 38.4 Å². The molecule has 0 radical (unpaired) electrons. The van der Waals surface area contributed by atoms with E-state index in [9.17, 15) is 4.79 Å². The number of hydrogen-bond acceptors (Lipinski definition) is 5. The average Bonchev–Trinajstić information content (AvgIpc) is 3.34. The standard InChI is InChI=1S/C28H29Cl2N7O/c29-20-10-8-19(9-11-20)25-23-24(35-36(25)22-7-3-2-6-21(22)30)26(34-18-33-23)37(16-4-1-5-17-37)28(27(31)38)12-14-32-15-13-28/h2-3,6-11,18,32H,1,4-5,12-17H2,(H-,31,38)/p+1. The van der Waals surface area contributed by atoms with Gasteiger partial charge in [-0.25, -0.2) is 9.67 Å². The lowest BCUT2D eigenvalue weighted by atomic mass is 9.80. The fourth-order valence-electron chi connectivity index (χ4n) is 6.48. The van der Waals surface area contributed by atoms with Crippen molar-refractivity contribution in [2.45, 2.75) is 37.6 Å². The summed E-state index contributed by atoms with van der Waals surface area (Å²) < 4.78 is 2.25. The van der Waals surface area contributed by atoms with E-state index in [1.54, 1.807) is 6.33 Å². The third kappa shape index (κ3) is 3.90. The van der Waals surface area contributed by atoms with Gasteiger partial charge < -0.3 is 11.1 Å². The fourth-order valence-corrected chi connectivity index (χ4v) is 6.83. The maximum Gasteiger partial charge on any atom is 0.279 e. The van der Waals surface area contributed by atoms with Crippen molar-refractivity contribution in [3.05, 3.63) is 64.9 Å². The molecule has 0 atom stereocenters. The number of hydrogen-bond donors (Lipinski definition) is 2. The molecular formula is C28H30Cl2N7O+. The van der Waals surface area contributed by atoms with Crippen LogP contribution in [0.2, 0.25) is 10.0 Å². The molecule has 38 heavy (non-hydrogen) atoms. The summed E-state index contributed by atoms with van der Waals surface area (Å²) in [5.41, 5.74) is 9.31. The number of nitrogens with zero attached hydrogens (tertiary/aromatic N) is 5. The number of rotatable bonds is 5. The van der Waals surface area contributed by atoms with Gasteiger partial charge in [0.05, 0.1) is 23.8 Å². The van der Waals surface area contributed by atoms with Gasteiger partial charge in [0.2, 0.25) is 0 Å². The summed E-state index contributed by atoms with van der Waals surface area (Å²) in [6.07, 6.45) is 6.00. The molecule has 3 N–H and O–H groups in total. The molecule has 196 valence electrons. The first-order valence-corrected chi connectivity index (χ1v) is 13.9. The number of primary amides is 1. The first-order valence-electron chi connectivity index (χ1n) is 13.1. The van der Waals surface area contributed by atoms with Gasteiger partial charge >= 0.3 is 0 Å². The number of likely N-dealkylation sites (tertiary alicyclic amines) is 1. The molecule has 10 heteroatoms. The van der Waals surface area contributed by atoms with Gasteiger partial charge in [-0.1, -0.05) is 47.5 Å². The molecule has 2 fully saturated rings. The number of para-hydroxylation sites is 1. The first-order chi connectivity index (χ1) is 18.5. The minimum Gasteiger partial charge on any atom is -0.364 e. The fraction of sp³-hybridized carbons (Fsp3) is 0.357. The molecule has 6 rings (SSSR count). The Hall–Kier alpha value is -3.04. The number of benzene rings is 2. The summed E-state index contributed by atoms with van der Waals surface area (Å²) in [7, 11) is 0. The van der Waals surface area contributed by atoms with Gasteiger partial charge in [0, 0.05) is 36.5 Å². The van der Waals surface area contributed by atoms with Crippen molar-refractivity contribution in [2.75, 3.05) is 26.2 Å². The highest BCUT2D eigenvalue weighted by Crippen LogP contribution is 2.45. The highest BCUT2D eigenvalue weighted by atomic mass is 35.5. The van der Waals surface area contributed by atoms with Crippen LogP contribution in [0.25, 0.3) is 28.0 Å². The zero-order valence-electron chi connectivity index (χ0n) is 21.0. The number of aromatic nitrogens is 4. The number of nitrogens with one attached hydrogen (secondary N) is 1. The minimum absolute atomic E-state index is 0.267. The Morgan fingerprint density at radius 2 is 1.66 bits per heavy atom. The number of piperidine rings is 2. The number of carbonyl (C=O) groups excluding carboxylic acids is 1. The Kier molecular flexibility index (Phi) is 6.60. The van der Waals surface area contributed by atoms with Crippen LogP contribution < -0.4 is 15.5 Å². The molecule has 1 amide bonds. The second-order valence-corrected chi connectivity index (χ2v) is 11.1. The third-order valence-corrected chi connectivity index (χ3v) is 8.90. The van der Waals surface area contributed by atoms with E-state index in [1.165, 1.54) is 0 Å². The van der Waals surface area contributed by atoms with Gasteiger partial charge in [-0.15, -0.1) is 0 Å². The lowest BCUT2D eigenvalue weighted by Gasteiger charge is -2.53. The Bertz CT molecular complexity index is 1490. The molecular weight excluding hydrogens is 521 g/mol. The molecule has 2 aliphatic rings. The number of carbonyl (C=O) groups is 1. The summed E-state index contributed by atoms with van der Waals surface area (Å²) >= 11 is 12.9. The summed E-state index contributed by atoms with van der Waals surface area (Å²) in [6, 6.07) is 15.2. The van der Waals surface area contributed by atoms with Crippen molar-refractivity contribution in [1.29, 1.82) is 0 Å². The second-order valence-electron chi connectivity index (χ2n) is 10.2. The number of nitrogens with two attached hydrogens (primary N) is 1.